The number of rotatable bonds is 7. The quantitative estimate of drug-likeness (QED) is 0.168. The minimum atomic E-state index is 0.664. The van der Waals surface area contributed by atoms with Gasteiger partial charge >= 0.3 is 0 Å². The smallest absolute Gasteiger partial charge is 0.160 e. The van der Waals surface area contributed by atoms with Crippen LogP contribution in [0.25, 0.3) is 89.6 Å². The van der Waals surface area contributed by atoms with E-state index in [1.54, 1.807) is 12.4 Å². The third kappa shape index (κ3) is 6.60. The molecule has 53 heavy (non-hydrogen) atoms. The van der Waals surface area contributed by atoms with Crippen LogP contribution in [-0.2, 0) is 0 Å². The summed E-state index contributed by atoms with van der Waals surface area (Å²) in [6, 6.07) is 56.9. The van der Waals surface area contributed by atoms with E-state index in [9.17, 15) is 0 Å². The molecule has 0 fully saturated rings. The number of pyridine rings is 1. The molecule has 0 saturated carbocycles. The zero-order chi connectivity index (χ0) is 35.6. The summed E-state index contributed by atoms with van der Waals surface area (Å²) in [6.07, 6.45) is 5.36. The van der Waals surface area contributed by atoms with Crippen LogP contribution in [0.3, 0.4) is 0 Å². The zero-order valence-corrected chi connectivity index (χ0v) is 29.1. The standard InChI is InChI=1S/C48H33N5/c1-32-11-13-35(14-12-32)39-23-24-45-43(31-39)46(37-8-3-2-4-9-37)53-48(52-45)42-29-40(28-41(30-42)44-10-5-6-25-49-44)36-17-15-33(16-18-36)34-19-21-38(22-20-34)47-50-26-7-27-51-47/h2-31H,1H3. The summed E-state index contributed by atoms with van der Waals surface area (Å²) in [4.78, 5) is 24.0. The zero-order valence-electron chi connectivity index (χ0n) is 29.1. The van der Waals surface area contributed by atoms with Crippen molar-refractivity contribution < 1.29 is 0 Å². The van der Waals surface area contributed by atoms with Crippen LogP contribution in [0.1, 0.15) is 5.56 Å². The van der Waals surface area contributed by atoms with Gasteiger partial charge in [-0.1, -0.05) is 121 Å². The summed E-state index contributed by atoms with van der Waals surface area (Å²) >= 11 is 0. The molecule has 0 radical (unpaired) electrons. The van der Waals surface area contributed by atoms with E-state index in [4.69, 9.17) is 15.0 Å². The minimum Gasteiger partial charge on any atom is -0.256 e. The predicted molar refractivity (Wildman–Crippen MR) is 216 cm³/mol. The van der Waals surface area contributed by atoms with E-state index in [0.717, 1.165) is 83.7 Å². The second-order valence-corrected chi connectivity index (χ2v) is 13.1. The maximum absolute atomic E-state index is 5.30. The van der Waals surface area contributed by atoms with Gasteiger partial charge in [-0.15, -0.1) is 0 Å². The number of aromatic nitrogens is 5. The molecule has 0 N–H and O–H groups in total. The largest absolute Gasteiger partial charge is 0.256 e. The average molecular weight is 680 g/mol. The van der Waals surface area contributed by atoms with E-state index in [2.05, 4.69) is 150 Å². The Balaban J connectivity index is 1.14. The van der Waals surface area contributed by atoms with E-state index < -0.39 is 0 Å². The van der Waals surface area contributed by atoms with Crippen molar-refractivity contribution in [2.75, 3.05) is 0 Å². The second-order valence-electron chi connectivity index (χ2n) is 13.1. The van der Waals surface area contributed by atoms with Crippen molar-refractivity contribution in [2.24, 2.45) is 0 Å². The van der Waals surface area contributed by atoms with E-state index in [0.29, 0.717) is 5.82 Å². The van der Waals surface area contributed by atoms with E-state index >= 15 is 0 Å². The van der Waals surface area contributed by atoms with Gasteiger partial charge in [-0.2, -0.15) is 0 Å². The SMILES string of the molecule is Cc1ccc(-c2ccc3nc(-c4cc(-c5ccc(-c6ccc(-c7ncccn7)cc6)cc5)cc(-c5ccccn5)c4)nc(-c4ccccc4)c3c2)cc1. The van der Waals surface area contributed by atoms with Crippen LogP contribution in [0, 0.1) is 6.92 Å². The van der Waals surface area contributed by atoms with Crippen molar-refractivity contribution in [1.82, 2.24) is 24.9 Å². The molecule has 5 heteroatoms. The molecule has 5 nitrogen and oxygen atoms in total. The van der Waals surface area contributed by atoms with Crippen molar-refractivity contribution in [3.8, 4) is 78.7 Å². The summed E-state index contributed by atoms with van der Waals surface area (Å²) in [7, 11) is 0. The van der Waals surface area contributed by atoms with Crippen LogP contribution >= 0.6 is 0 Å². The highest BCUT2D eigenvalue weighted by atomic mass is 14.9. The number of hydrogen-bond donors (Lipinski definition) is 0. The number of hydrogen-bond acceptors (Lipinski definition) is 5. The van der Waals surface area contributed by atoms with Crippen LogP contribution in [0.5, 0.6) is 0 Å². The lowest BCUT2D eigenvalue weighted by Gasteiger charge is -2.14. The molecule has 0 saturated heterocycles. The van der Waals surface area contributed by atoms with Gasteiger partial charge in [0.25, 0.3) is 0 Å². The van der Waals surface area contributed by atoms with Gasteiger partial charge in [-0.3, -0.25) is 4.98 Å². The van der Waals surface area contributed by atoms with Gasteiger partial charge < -0.3 is 0 Å². The van der Waals surface area contributed by atoms with Gasteiger partial charge in [0.2, 0.25) is 0 Å². The lowest BCUT2D eigenvalue weighted by molar-refractivity contribution is 1.18. The van der Waals surface area contributed by atoms with Crippen LogP contribution in [0.15, 0.2) is 182 Å². The number of aryl methyl sites for hydroxylation is 1. The molecule has 0 amide bonds. The topological polar surface area (TPSA) is 64.5 Å². The van der Waals surface area contributed by atoms with Crippen LogP contribution in [0.4, 0.5) is 0 Å². The van der Waals surface area contributed by atoms with Crippen LogP contribution < -0.4 is 0 Å². The van der Waals surface area contributed by atoms with Crippen LogP contribution in [0.2, 0.25) is 0 Å². The van der Waals surface area contributed by atoms with E-state index in [-0.39, 0.29) is 0 Å². The first kappa shape index (κ1) is 31.8. The molecular formula is C48H33N5. The van der Waals surface area contributed by atoms with E-state index in [1.165, 1.54) is 5.56 Å². The molecule has 3 aromatic heterocycles. The molecule has 0 aliphatic heterocycles. The first-order valence-electron chi connectivity index (χ1n) is 17.6. The second kappa shape index (κ2) is 13.9. The fourth-order valence-electron chi connectivity index (χ4n) is 6.72. The average Bonchev–Trinajstić information content (AvgIpc) is 3.24. The molecule has 3 heterocycles. The monoisotopic (exact) mass is 679 g/mol. The van der Waals surface area contributed by atoms with Gasteiger partial charge in [-0.05, 0) is 88.8 Å². The number of fused-ring (bicyclic) bond motifs is 1. The molecule has 0 bridgehead atoms. The summed E-state index contributed by atoms with van der Waals surface area (Å²) in [5, 5.41) is 1.01. The third-order valence-electron chi connectivity index (χ3n) is 9.54. The molecule has 0 unspecified atom stereocenters. The summed E-state index contributed by atoms with van der Waals surface area (Å²) < 4.78 is 0. The lowest BCUT2D eigenvalue weighted by Crippen LogP contribution is -1.97. The molecule has 250 valence electrons. The molecule has 6 aromatic carbocycles. The van der Waals surface area contributed by atoms with Crippen molar-refractivity contribution in [3.05, 3.63) is 188 Å². The predicted octanol–water partition coefficient (Wildman–Crippen LogP) is 11.8. The molecular weight excluding hydrogens is 647 g/mol. The Morgan fingerprint density at radius 1 is 0.340 bits per heavy atom. The summed E-state index contributed by atoms with van der Waals surface area (Å²) in [6.45, 7) is 2.11. The molecule has 0 aliphatic rings. The fraction of sp³-hybridized carbons (Fsp3) is 0.0208. The molecule has 9 rings (SSSR count). The van der Waals surface area contributed by atoms with Crippen molar-refractivity contribution in [2.45, 2.75) is 6.92 Å². The Kier molecular flexibility index (Phi) is 8.35. The van der Waals surface area contributed by atoms with Gasteiger partial charge in [0.15, 0.2) is 11.6 Å². The molecule has 0 spiro atoms. The summed E-state index contributed by atoms with van der Waals surface area (Å²) in [5.41, 5.74) is 14.6. The Hall–Kier alpha value is -7.11. The third-order valence-corrected chi connectivity index (χ3v) is 9.54. The van der Waals surface area contributed by atoms with Crippen molar-refractivity contribution in [3.63, 3.8) is 0 Å². The highest BCUT2D eigenvalue weighted by molar-refractivity contribution is 5.96. The van der Waals surface area contributed by atoms with Gasteiger partial charge in [-0.25, -0.2) is 19.9 Å². The maximum Gasteiger partial charge on any atom is 0.160 e. The van der Waals surface area contributed by atoms with Gasteiger partial charge in [0, 0.05) is 46.2 Å². The highest BCUT2D eigenvalue weighted by Gasteiger charge is 2.16. The Morgan fingerprint density at radius 3 is 1.60 bits per heavy atom. The maximum atomic E-state index is 5.30. The molecule has 0 aliphatic carbocycles. The lowest BCUT2D eigenvalue weighted by atomic mass is 9.95. The molecule has 0 atom stereocenters. The van der Waals surface area contributed by atoms with Gasteiger partial charge in [0.05, 0.1) is 16.9 Å². The fourth-order valence-corrected chi connectivity index (χ4v) is 6.72. The number of benzene rings is 6. The Bertz CT molecular complexity index is 2680. The van der Waals surface area contributed by atoms with Crippen molar-refractivity contribution >= 4 is 10.9 Å². The first-order valence-corrected chi connectivity index (χ1v) is 17.6. The Morgan fingerprint density at radius 2 is 0.906 bits per heavy atom. The highest BCUT2D eigenvalue weighted by Crippen LogP contribution is 2.36. The van der Waals surface area contributed by atoms with Crippen LogP contribution in [-0.4, -0.2) is 24.9 Å². The van der Waals surface area contributed by atoms with Crippen molar-refractivity contribution in [1.29, 1.82) is 0 Å². The summed E-state index contributed by atoms with van der Waals surface area (Å²) in [5.74, 6) is 1.38. The van der Waals surface area contributed by atoms with Gasteiger partial charge in [0.1, 0.15) is 0 Å². The Labute approximate surface area is 308 Å². The first-order chi connectivity index (χ1) is 26.1. The number of nitrogens with zero attached hydrogens (tertiary/aromatic N) is 5. The van der Waals surface area contributed by atoms with E-state index in [1.807, 2.05) is 36.5 Å². The normalized spacial score (nSPS) is 11.1. The molecule has 9 aromatic rings. The minimum absolute atomic E-state index is 0.664.